The lowest BCUT2D eigenvalue weighted by atomic mass is 10.2. The van der Waals surface area contributed by atoms with Crippen LogP contribution in [0.15, 0.2) is 24.3 Å². The van der Waals surface area contributed by atoms with Crippen LogP contribution in [0.4, 0.5) is 11.9 Å². The molecule has 4 N–H and O–H groups in total. The molecule has 2 rings (SSSR count). The maximum absolute atomic E-state index is 11.8. The number of hydrogen-bond acceptors (Lipinski definition) is 9. The van der Waals surface area contributed by atoms with Crippen LogP contribution in [0.5, 0.6) is 11.5 Å². The number of esters is 1. The van der Waals surface area contributed by atoms with Gasteiger partial charge in [0.2, 0.25) is 11.9 Å². The van der Waals surface area contributed by atoms with Gasteiger partial charge in [-0.25, -0.2) is 4.79 Å². The summed E-state index contributed by atoms with van der Waals surface area (Å²) < 4.78 is 15.7. The summed E-state index contributed by atoms with van der Waals surface area (Å²) in [6, 6.07) is 5.37. The third kappa shape index (κ3) is 5.34. The van der Waals surface area contributed by atoms with Crippen molar-refractivity contribution in [2.45, 2.75) is 13.5 Å². The number of ether oxygens (including phenoxy) is 3. The van der Waals surface area contributed by atoms with Gasteiger partial charge in [-0.3, -0.25) is 0 Å². The first-order valence-corrected chi connectivity index (χ1v) is 7.37. The van der Waals surface area contributed by atoms with Crippen LogP contribution < -0.4 is 20.9 Å². The van der Waals surface area contributed by atoms with Crippen LogP contribution in [-0.4, -0.2) is 34.6 Å². The predicted molar refractivity (Wildman–Crippen MR) is 91.6 cm³/mol. The van der Waals surface area contributed by atoms with Gasteiger partial charge in [-0.2, -0.15) is 15.0 Å². The van der Waals surface area contributed by atoms with Gasteiger partial charge in [0.05, 0.1) is 7.11 Å². The van der Waals surface area contributed by atoms with E-state index in [4.69, 9.17) is 25.7 Å². The minimum Gasteiger partial charge on any atom is -0.493 e. The van der Waals surface area contributed by atoms with E-state index < -0.39 is 5.97 Å². The van der Waals surface area contributed by atoms with Gasteiger partial charge in [0.15, 0.2) is 30.5 Å². The normalized spacial score (nSPS) is 10.6. The molecule has 0 unspecified atom stereocenters. The molecule has 0 fully saturated rings. The maximum atomic E-state index is 11.8. The van der Waals surface area contributed by atoms with Crippen molar-refractivity contribution in [2.24, 2.45) is 0 Å². The first kappa shape index (κ1) is 18.0. The number of nitrogens with zero attached hydrogens (tertiary/aromatic N) is 3. The standard InChI is InChI=1S/C16H19N5O4/c1-3-4-10-5-6-11(12(7-10)23-2)24-9-14(22)25-8-13-19-15(17)21-16(18)20-13/h3-7H,8-9H2,1-2H3,(H4,17,18,19,20,21)/b4-3+. The highest BCUT2D eigenvalue weighted by molar-refractivity contribution is 5.71. The SMILES string of the molecule is C/C=C/c1ccc(OCC(=O)OCc2nc(N)nc(N)n2)c(OC)c1. The summed E-state index contributed by atoms with van der Waals surface area (Å²) in [6.45, 7) is 1.44. The molecule has 0 spiro atoms. The van der Waals surface area contributed by atoms with Crippen molar-refractivity contribution in [1.82, 2.24) is 15.0 Å². The molecule has 9 heteroatoms. The van der Waals surface area contributed by atoms with Crippen molar-refractivity contribution in [2.75, 3.05) is 25.2 Å². The van der Waals surface area contributed by atoms with Gasteiger partial charge in [-0.1, -0.05) is 18.2 Å². The third-order valence-electron chi connectivity index (χ3n) is 2.97. The number of benzene rings is 1. The van der Waals surface area contributed by atoms with Crippen LogP contribution in [0.2, 0.25) is 0 Å². The summed E-state index contributed by atoms with van der Waals surface area (Å²) >= 11 is 0. The molecular formula is C16H19N5O4. The summed E-state index contributed by atoms with van der Waals surface area (Å²) in [5.41, 5.74) is 11.8. The molecule has 0 amide bonds. The highest BCUT2D eigenvalue weighted by Gasteiger charge is 2.11. The smallest absolute Gasteiger partial charge is 0.344 e. The van der Waals surface area contributed by atoms with Gasteiger partial charge >= 0.3 is 5.97 Å². The largest absolute Gasteiger partial charge is 0.493 e. The Morgan fingerprint density at radius 1 is 1.16 bits per heavy atom. The molecule has 0 bridgehead atoms. The first-order chi connectivity index (χ1) is 12.0. The number of rotatable bonds is 7. The topological polar surface area (TPSA) is 135 Å². The number of methoxy groups -OCH3 is 1. The van der Waals surface area contributed by atoms with E-state index in [1.165, 1.54) is 7.11 Å². The van der Waals surface area contributed by atoms with Crippen molar-refractivity contribution in [3.63, 3.8) is 0 Å². The lowest BCUT2D eigenvalue weighted by Gasteiger charge is -2.11. The van der Waals surface area contributed by atoms with E-state index in [1.54, 1.807) is 12.1 Å². The zero-order chi connectivity index (χ0) is 18.2. The average molecular weight is 345 g/mol. The Hall–Kier alpha value is -3.36. The third-order valence-corrected chi connectivity index (χ3v) is 2.97. The van der Waals surface area contributed by atoms with E-state index >= 15 is 0 Å². The molecule has 0 aliphatic rings. The molecule has 2 aromatic rings. The Labute approximate surface area is 144 Å². The Morgan fingerprint density at radius 3 is 2.52 bits per heavy atom. The van der Waals surface area contributed by atoms with Gasteiger partial charge in [0.1, 0.15) is 0 Å². The predicted octanol–water partition coefficient (Wildman–Crippen LogP) is 1.20. The summed E-state index contributed by atoms with van der Waals surface area (Å²) in [7, 11) is 1.52. The van der Waals surface area contributed by atoms with E-state index in [2.05, 4.69) is 15.0 Å². The van der Waals surface area contributed by atoms with E-state index in [1.807, 2.05) is 25.1 Å². The Bertz CT molecular complexity index is 759. The molecule has 0 atom stereocenters. The van der Waals surface area contributed by atoms with Gasteiger partial charge in [0, 0.05) is 0 Å². The quantitative estimate of drug-likeness (QED) is 0.709. The first-order valence-electron chi connectivity index (χ1n) is 7.37. The fourth-order valence-electron chi connectivity index (χ4n) is 1.94. The van der Waals surface area contributed by atoms with Crippen molar-refractivity contribution >= 4 is 23.9 Å². The minimum atomic E-state index is -0.600. The molecule has 0 aliphatic heterocycles. The number of anilines is 2. The minimum absolute atomic E-state index is 0.0410. The monoisotopic (exact) mass is 345 g/mol. The van der Waals surface area contributed by atoms with Crippen molar-refractivity contribution in [3.8, 4) is 11.5 Å². The lowest BCUT2D eigenvalue weighted by molar-refractivity contribution is -0.147. The van der Waals surface area contributed by atoms with Gasteiger partial charge in [-0.05, 0) is 24.6 Å². The molecule has 1 aromatic heterocycles. The molecule has 0 radical (unpaired) electrons. The zero-order valence-electron chi connectivity index (χ0n) is 13.9. The van der Waals surface area contributed by atoms with Gasteiger partial charge in [0.25, 0.3) is 0 Å². The van der Waals surface area contributed by atoms with E-state index in [9.17, 15) is 4.79 Å². The number of allylic oxidation sites excluding steroid dienone is 1. The van der Waals surface area contributed by atoms with Crippen LogP contribution in [0, 0.1) is 0 Å². The summed E-state index contributed by atoms with van der Waals surface area (Å²) in [6.07, 6.45) is 3.83. The van der Waals surface area contributed by atoms with Crippen molar-refractivity contribution < 1.29 is 19.0 Å². The number of nitrogen functional groups attached to an aromatic ring is 2. The van der Waals surface area contributed by atoms with Crippen LogP contribution in [0.25, 0.3) is 6.08 Å². The Kier molecular flexibility index (Phi) is 6.10. The second-order valence-electron chi connectivity index (χ2n) is 4.83. The zero-order valence-corrected chi connectivity index (χ0v) is 13.9. The molecule has 1 aromatic carbocycles. The van der Waals surface area contributed by atoms with E-state index in [0.717, 1.165) is 5.56 Å². The fourth-order valence-corrected chi connectivity index (χ4v) is 1.94. The molecule has 25 heavy (non-hydrogen) atoms. The molecular weight excluding hydrogens is 326 g/mol. The number of aromatic nitrogens is 3. The molecule has 9 nitrogen and oxygen atoms in total. The molecule has 132 valence electrons. The Morgan fingerprint density at radius 2 is 1.88 bits per heavy atom. The van der Waals surface area contributed by atoms with Crippen molar-refractivity contribution in [3.05, 3.63) is 35.7 Å². The second kappa shape index (κ2) is 8.48. The number of carbonyl (C=O) groups is 1. The molecule has 0 saturated heterocycles. The van der Waals surface area contributed by atoms with Gasteiger partial charge in [-0.15, -0.1) is 0 Å². The summed E-state index contributed by atoms with van der Waals surface area (Å²) in [5.74, 6) is 0.424. The maximum Gasteiger partial charge on any atom is 0.344 e. The molecule has 0 aliphatic carbocycles. The second-order valence-corrected chi connectivity index (χ2v) is 4.83. The summed E-state index contributed by atoms with van der Waals surface area (Å²) in [4.78, 5) is 23.0. The number of nitrogens with two attached hydrogens (primary N) is 2. The van der Waals surface area contributed by atoms with Crippen LogP contribution in [0.3, 0.4) is 0 Å². The van der Waals surface area contributed by atoms with Crippen LogP contribution in [-0.2, 0) is 16.1 Å². The molecule has 0 saturated carbocycles. The number of hydrogen-bond donors (Lipinski definition) is 2. The van der Waals surface area contributed by atoms with Gasteiger partial charge < -0.3 is 25.7 Å². The van der Waals surface area contributed by atoms with E-state index in [0.29, 0.717) is 11.5 Å². The average Bonchev–Trinajstić information content (AvgIpc) is 2.58. The van der Waals surface area contributed by atoms with Crippen LogP contribution in [0.1, 0.15) is 18.3 Å². The molecule has 1 heterocycles. The van der Waals surface area contributed by atoms with E-state index in [-0.39, 0.29) is 30.9 Å². The summed E-state index contributed by atoms with van der Waals surface area (Å²) in [5, 5.41) is 0. The van der Waals surface area contributed by atoms with Crippen molar-refractivity contribution in [1.29, 1.82) is 0 Å². The highest BCUT2D eigenvalue weighted by atomic mass is 16.6. The highest BCUT2D eigenvalue weighted by Crippen LogP contribution is 2.28. The fraction of sp³-hybridized carbons (Fsp3) is 0.250. The van der Waals surface area contributed by atoms with Crippen LogP contribution >= 0.6 is 0 Å². The lowest BCUT2D eigenvalue weighted by Crippen LogP contribution is -2.16. The number of carbonyl (C=O) groups excluding carboxylic acids is 1. The Balaban J connectivity index is 1.91.